The largest absolute Gasteiger partial charge is 0.292 e. The number of aromatic nitrogens is 2. The van der Waals surface area contributed by atoms with Gasteiger partial charge in [-0.1, -0.05) is 49.2 Å². The first-order chi connectivity index (χ1) is 12.1. The normalized spacial score (nSPS) is 11.0. The quantitative estimate of drug-likeness (QED) is 0.621. The SMILES string of the molecule is CCCCc1ccc(C(=O)Cn2cnc3ccc(Cl)cc3c2=O)cc1. The molecular weight excluding hydrogens is 336 g/mol. The molecule has 4 nitrogen and oxygen atoms in total. The minimum Gasteiger partial charge on any atom is -0.292 e. The van der Waals surface area contributed by atoms with Crippen LogP contribution in [0.1, 0.15) is 35.7 Å². The first-order valence-corrected chi connectivity index (χ1v) is 8.73. The first-order valence-electron chi connectivity index (χ1n) is 8.35. The van der Waals surface area contributed by atoms with Crippen LogP contribution in [-0.2, 0) is 13.0 Å². The van der Waals surface area contributed by atoms with Crippen LogP contribution in [0.2, 0.25) is 5.02 Å². The van der Waals surface area contributed by atoms with Gasteiger partial charge in [-0.05, 0) is 36.6 Å². The van der Waals surface area contributed by atoms with Gasteiger partial charge in [0, 0.05) is 10.6 Å². The molecule has 5 heteroatoms. The van der Waals surface area contributed by atoms with E-state index in [0.29, 0.717) is 21.5 Å². The smallest absolute Gasteiger partial charge is 0.261 e. The zero-order valence-electron chi connectivity index (χ0n) is 14.0. The number of fused-ring (bicyclic) bond motifs is 1. The van der Waals surface area contributed by atoms with Crippen molar-refractivity contribution < 1.29 is 4.79 Å². The molecular formula is C20H19ClN2O2. The van der Waals surface area contributed by atoms with E-state index in [1.807, 2.05) is 24.3 Å². The van der Waals surface area contributed by atoms with E-state index in [4.69, 9.17) is 11.6 Å². The third kappa shape index (κ3) is 3.97. The molecule has 0 bridgehead atoms. The number of unbranched alkanes of at least 4 members (excludes halogenated alkanes) is 1. The highest BCUT2D eigenvalue weighted by Crippen LogP contribution is 2.14. The van der Waals surface area contributed by atoms with Crippen LogP contribution in [-0.4, -0.2) is 15.3 Å². The molecule has 0 radical (unpaired) electrons. The van der Waals surface area contributed by atoms with E-state index in [-0.39, 0.29) is 17.9 Å². The second-order valence-corrected chi connectivity index (χ2v) is 6.50. The highest BCUT2D eigenvalue weighted by molar-refractivity contribution is 6.31. The summed E-state index contributed by atoms with van der Waals surface area (Å²) in [6.07, 6.45) is 4.70. The predicted octanol–water partition coefficient (Wildman–Crippen LogP) is 4.28. The third-order valence-corrected chi connectivity index (χ3v) is 4.43. The number of ketones is 1. The summed E-state index contributed by atoms with van der Waals surface area (Å²) >= 11 is 5.95. The van der Waals surface area contributed by atoms with Crippen LogP contribution >= 0.6 is 11.6 Å². The summed E-state index contributed by atoms with van der Waals surface area (Å²) in [5.41, 5.74) is 2.12. The second kappa shape index (κ2) is 7.62. The second-order valence-electron chi connectivity index (χ2n) is 6.06. The van der Waals surface area contributed by atoms with Crippen molar-refractivity contribution >= 4 is 28.3 Å². The fraction of sp³-hybridized carbons (Fsp3) is 0.250. The molecule has 0 unspecified atom stereocenters. The molecule has 0 saturated carbocycles. The average molecular weight is 355 g/mol. The van der Waals surface area contributed by atoms with Gasteiger partial charge in [-0.3, -0.25) is 14.2 Å². The van der Waals surface area contributed by atoms with Crippen molar-refractivity contribution in [1.82, 2.24) is 9.55 Å². The Kier molecular flexibility index (Phi) is 5.29. The molecule has 1 aromatic heterocycles. The van der Waals surface area contributed by atoms with Gasteiger partial charge in [-0.2, -0.15) is 0 Å². The predicted molar refractivity (Wildman–Crippen MR) is 100 cm³/mol. The van der Waals surface area contributed by atoms with Crippen molar-refractivity contribution in [3.63, 3.8) is 0 Å². The van der Waals surface area contributed by atoms with Crippen molar-refractivity contribution in [2.45, 2.75) is 32.7 Å². The van der Waals surface area contributed by atoms with Gasteiger partial charge in [0.15, 0.2) is 5.78 Å². The topological polar surface area (TPSA) is 52.0 Å². The zero-order chi connectivity index (χ0) is 17.8. The summed E-state index contributed by atoms with van der Waals surface area (Å²) in [7, 11) is 0. The maximum atomic E-state index is 12.5. The Labute approximate surface area is 151 Å². The Balaban J connectivity index is 1.82. The zero-order valence-corrected chi connectivity index (χ0v) is 14.8. The molecule has 128 valence electrons. The standard InChI is InChI=1S/C20H19ClN2O2/c1-2-3-4-14-5-7-15(8-6-14)19(24)12-23-13-22-18-10-9-16(21)11-17(18)20(23)25/h5-11,13H,2-4,12H2,1H3. The molecule has 0 N–H and O–H groups in total. The lowest BCUT2D eigenvalue weighted by Crippen LogP contribution is -2.24. The lowest BCUT2D eigenvalue weighted by Gasteiger charge is -2.07. The molecule has 3 rings (SSSR count). The van der Waals surface area contributed by atoms with Crippen molar-refractivity contribution in [3.8, 4) is 0 Å². The number of halogens is 1. The van der Waals surface area contributed by atoms with E-state index in [2.05, 4.69) is 11.9 Å². The van der Waals surface area contributed by atoms with Gasteiger partial charge in [0.1, 0.15) is 0 Å². The van der Waals surface area contributed by atoms with Crippen molar-refractivity contribution in [3.05, 3.63) is 75.3 Å². The van der Waals surface area contributed by atoms with Crippen LogP contribution in [0.3, 0.4) is 0 Å². The van der Waals surface area contributed by atoms with Crippen LogP contribution in [0.25, 0.3) is 10.9 Å². The number of nitrogens with zero attached hydrogens (tertiary/aromatic N) is 2. The molecule has 0 atom stereocenters. The van der Waals surface area contributed by atoms with Gasteiger partial charge >= 0.3 is 0 Å². The summed E-state index contributed by atoms with van der Waals surface area (Å²) in [5.74, 6) is -0.118. The number of carbonyl (C=O) groups excluding carboxylic acids is 1. The van der Waals surface area contributed by atoms with E-state index < -0.39 is 0 Å². The van der Waals surface area contributed by atoms with E-state index in [0.717, 1.165) is 19.3 Å². The number of hydrogen-bond acceptors (Lipinski definition) is 3. The fourth-order valence-electron chi connectivity index (χ4n) is 2.73. The maximum absolute atomic E-state index is 12.5. The fourth-order valence-corrected chi connectivity index (χ4v) is 2.90. The molecule has 0 fully saturated rings. The van der Waals surface area contributed by atoms with Gasteiger partial charge in [0.25, 0.3) is 5.56 Å². The lowest BCUT2D eigenvalue weighted by molar-refractivity contribution is 0.0970. The summed E-state index contributed by atoms with van der Waals surface area (Å²) in [4.78, 5) is 29.2. The first kappa shape index (κ1) is 17.4. The number of Topliss-reactive ketones (excluding diaryl/α,β-unsaturated/α-hetero) is 1. The van der Waals surface area contributed by atoms with E-state index in [9.17, 15) is 9.59 Å². The molecule has 2 aromatic carbocycles. The molecule has 0 aliphatic carbocycles. The Hall–Kier alpha value is -2.46. The van der Waals surface area contributed by atoms with Crippen molar-refractivity contribution in [2.24, 2.45) is 0 Å². The number of rotatable bonds is 6. The average Bonchev–Trinajstić information content (AvgIpc) is 2.63. The van der Waals surface area contributed by atoms with E-state index in [1.54, 1.807) is 18.2 Å². The van der Waals surface area contributed by atoms with Gasteiger partial charge in [0.05, 0.1) is 23.8 Å². The minimum atomic E-state index is -0.264. The molecule has 0 spiro atoms. The third-order valence-electron chi connectivity index (χ3n) is 4.19. The minimum absolute atomic E-state index is 0.0391. The molecule has 0 aliphatic rings. The summed E-state index contributed by atoms with van der Waals surface area (Å²) in [6, 6.07) is 12.6. The lowest BCUT2D eigenvalue weighted by atomic mass is 10.0. The molecule has 0 aliphatic heterocycles. The Morgan fingerprint density at radius 1 is 1.16 bits per heavy atom. The highest BCUT2D eigenvalue weighted by atomic mass is 35.5. The van der Waals surface area contributed by atoms with Crippen LogP contribution < -0.4 is 5.56 Å². The van der Waals surface area contributed by atoms with E-state index in [1.165, 1.54) is 16.5 Å². The number of hydrogen-bond donors (Lipinski definition) is 0. The molecule has 25 heavy (non-hydrogen) atoms. The Bertz CT molecular complexity index is 962. The summed E-state index contributed by atoms with van der Waals surface area (Å²) < 4.78 is 1.33. The van der Waals surface area contributed by atoms with Crippen LogP contribution in [0.4, 0.5) is 0 Å². The van der Waals surface area contributed by atoms with Crippen LogP contribution in [0, 0.1) is 0 Å². The van der Waals surface area contributed by atoms with Gasteiger partial charge in [-0.15, -0.1) is 0 Å². The summed E-state index contributed by atoms with van der Waals surface area (Å²) in [6.45, 7) is 2.11. The molecule has 0 amide bonds. The maximum Gasteiger partial charge on any atom is 0.261 e. The number of benzene rings is 2. The number of aryl methyl sites for hydroxylation is 1. The van der Waals surface area contributed by atoms with Crippen LogP contribution in [0.5, 0.6) is 0 Å². The summed E-state index contributed by atoms with van der Waals surface area (Å²) in [5, 5.41) is 0.885. The van der Waals surface area contributed by atoms with Gasteiger partial charge < -0.3 is 0 Å². The van der Waals surface area contributed by atoms with Crippen LogP contribution in [0.15, 0.2) is 53.6 Å². The molecule has 0 saturated heterocycles. The Morgan fingerprint density at radius 3 is 2.64 bits per heavy atom. The number of carbonyl (C=O) groups is 1. The Morgan fingerprint density at radius 2 is 1.92 bits per heavy atom. The van der Waals surface area contributed by atoms with E-state index >= 15 is 0 Å². The molecule has 1 heterocycles. The van der Waals surface area contributed by atoms with Crippen molar-refractivity contribution in [1.29, 1.82) is 0 Å². The highest BCUT2D eigenvalue weighted by Gasteiger charge is 2.10. The van der Waals surface area contributed by atoms with Gasteiger partial charge in [-0.25, -0.2) is 4.98 Å². The molecule has 3 aromatic rings. The van der Waals surface area contributed by atoms with Crippen molar-refractivity contribution in [2.75, 3.05) is 0 Å². The monoisotopic (exact) mass is 354 g/mol. The van der Waals surface area contributed by atoms with Gasteiger partial charge in [0.2, 0.25) is 0 Å².